The van der Waals surface area contributed by atoms with Crippen LogP contribution in [-0.4, -0.2) is 28.6 Å². The molecule has 8 heteroatoms. The van der Waals surface area contributed by atoms with Gasteiger partial charge >= 0.3 is 0 Å². The number of amides is 1. The van der Waals surface area contributed by atoms with Gasteiger partial charge in [-0.2, -0.15) is 5.10 Å². The largest absolute Gasteiger partial charge is 0.484 e. The normalized spacial score (nSPS) is 10.5. The Morgan fingerprint density at radius 1 is 1.38 bits per heavy atom. The molecule has 0 spiro atoms. The van der Waals surface area contributed by atoms with Gasteiger partial charge in [0.15, 0.2) is 6.61 Å². The van der Waals surface area contributed by atoms with Crippen LogP contribution in [0.15, 0.2) is 47.7 Å². The Morgan fingerprint density at radius 2 is 2.14 bits per heavy atom. The summed E-state index contributed by atoms with van der Waals surface area (Å²) in [5.74, 6) is -0.0692. The summed E-state index contributed by atoms with van der Waals surface area (Å²) in [5.41, 5.74) is 3.01. The lowest BCUT2D eigenvalue weighted by atomic mass is 10.3. The summed E-state index contributed by atoms with van der Waals surface area (Å²) in [4.78, 5) is 24.3. The first kappa shape index (κ1) is 14.3. The minimum atomic E-state index is -0.508. The Labute approximate surface area is 119 Å². The molecule has 0 aliphatic heterocycles. The van der Waals surface area contributed by atoms with Crippen molar-refractivity contribution in [3.63, 3.8) is 0 Å². The predicted octanol–water partition coefficient (Wildman–Crippen LogP) is 1.45. The number of ether oxygens (including phenoxy) is 1. The Kier molecular flexibility index (Phi) is 4.65. The highest BCUT2D eigenvalue weighted by Crippen LogP contribution is 2.16. The third kappa shape index (κ3) is 4.46. The lowest BCUT2D eigenvalue weighted by Gasteiger charge is -2.04. The van der Waals surface area contributed by atoms with Crippen LogP contribution in [0.5, 0.6) is 5.75 Å². The number of carbonyl (C=O) groups excluding carboxylic acids is 1. The number of aromatic amines is 1. The molecule has 0 fully saturated rings. The van der Waals surface area contributed by atoms with Gasteiger partial charge in [-0.3, -0.25) is 14.9 Å². The van der Waals surface area contributed by atoms with E-state index in [1.165, 1.54) is 30.5 Å². The maximum atomic E-state index is 11.5. The van der Waals surface area contributed by atoms with Gasteiger partial charge in [-0.1, -0.05) is 0 Å². The van der Waals surface area contributed by atoms with Gasteiger partial charge in [0, 0.05) is 18.3 Å². The molecule has 108 valence electrons. The molecule has 0 saturated heterocycles. The first-order valence-electron chi connectivity index (χ1n) is 5.98. The zero-order chi connectivity index (χ0) is 15.1. The molecule has 0 unspecified atom stereocenters. The second-order valence-corrected chi connectivity index (χ2v) is 3.96. The van der Waals surface area contributed by atoms with E-state index in [2.05, 4.69) is 15.5 Å². The van der Waals surface area contributed by atoms with Crippen molar-refractivity contribution in [3.8, 4) is 5.75 Å². The van der Waals surface area contributed by atoms with E-state index < -0.39 is 10.8 Å². The maximum Gasteiger partial charge on any atom is 0.277 e. The summed E-state index contributed by atoms with van der Waals surface area (Å²) >= 11 is 0. The molecule has 2 rings (SSSR count). The van der Waals surface area contributed by atoms with Crippen molar-refractivity contribution in [2.24, 2.45) is 5.10 Å². The highest BCUT2D eigenvalue weighted by Gasteiger charge is 2.05. The van der Waals surface area contributed by atoms with Gasteiger partial charge in [0.25, 0.3) is 11.6 Å². The van der Waals surface area contributed by atoms with E-state index in [-0.39, 0.29) is 12.3 Å². The van der Waals surface area contributed by atoms with Crippen LogP contribution in [0.3, 0.4) is 0 Å². The fraction of sp³-hybridized carbons (Fsp3) is 0.0769. The number of hydrogen-bond acceptors (Lipinski definition) is 5. The van der Waals surface area contributed by atoms with Gasteiger partial charge < -0.3 is 9.72 Å². The van der Waals surface area contributed by atoms with Crippen molar-refractivity contribution in [3.05, 3.63) is 58.4 Å². The first-order chi connectivity index (χ1) is 10.1. The molecule has 0 saturated carbocycles. The van der Waals surface area contributed by atoms with Crippen molar-refractivity contribution in [2.75, 3.05) is 6.61 Å². The second kappa shape index (κ2) is 6.85. The Balaban J connectivity index is 1.77. The number of aromatic nitrogens is 1. The Bertz CT molecular complexity index is 635. The summed E-state index contributed by atoms with van der Waals surface area (Å²) < 4.78 is 5.17. The fourth-order valence-corrected chi connectivity index (χ4v) is 1.44. The smallest absolute Gasteiger partial charge is 0.277 e. The average molecular weight is 288 g/mol. The lowest BCUT2D eigenvalue weighted by molar-refractivity contribution is -0.384. The number of nitrogens with one attached hydrogen (secondary N) is 2. The number of non-ortho nitro benzene ring substituents is 1. The summed E-state index contributed by atoms with van der Waals surface area (Å²) in [6, 6.07) is 9.05. The minimum Gasteiger partial charge on any atom is -0.484 e. The number of nitro groups is 1. The third-order valence-electron chi connectivity index (χ3n) is 2.43. The van der Waals surface area contributed by atoms with Gasteiger partial charge in [0.1, 0.15) is 5.75 Å². The maximum absolute atomic E-state index is 11.5. The molecular formula is C13H12N4O4. The summed E-state index contributed by atoms with van der Waals surface area (Å²) in [5, 5.41) is 14.2. The highest BCUT2D eigenvalue weighted by atomic mass is 16.6. The van der Waals surface area contributed by atoms with Crippen molar-refractivity contribution in [2.45, 2.75) is 0 Å². The monoisotopic (exact) mass is 288 g/mol. The van der Waals surface area contributed by atoms with Gasteiger partial charge in [-0.15, -0.1) is 0 Å². The van der Waals surface area contributed by atoms with Gasteiger partial charge in [0.2, 0.25) is 0 Å². The molecule has 0 bridgehead atoms. The van der Waals surface area contributed by atoms with Crippen LogP contribution < -0.4 is 10.2 Å². The van der Waals surface area contributed by atoms with Crippen molar-refractivity contribution in [1.82, 2.24) is 10.4 Å². The summed E-state index contributed by atoms with van der Waals surface area (Å²) in [6.45, 7) is -0.236. The van der Waals surface area contributed by atoms with E-state index in [4.69, 9.17) is 4.74 Å². The summed E-state index contributed by atoms with van der Waals surface area (Å²) in [6.07, 6.45) is 3.20. The van der Waals surface area contributed by atoms with Crippen LogP contribution in [-0.2, 0) is 4.79 Å². The van der Waals surface area contributed by atoms with Gasteiger partial charge in [0.05, 0.1) is 16.8 Å². The van der Waals surface area contributed by atoms with Gasteiger partial charge in [-0.05, 0) is 24.3 Å². The number of hydrazone groups is 1. The van der Waals surface area contributed by atoms with E-state index in [0.29, 0.717) is 5.75 Å². The van der Waals surface area contributed by atoms with Crippen molar-refractivity contribution < 1.29 is 14.5 Å². The minimum absolute atomic E-state index is 0.0395. The number of nitrogens with zero attached hydrogens (tertiary/aromatic N) is 2. The fourth-order valence-electron chi connectivity index (χ4n) is 1.44. The standard InChI is InChI=1S/C13H12N4O4/c18-13(16-15-8-10-2-1-7-14-10)9-21-12-5-3-11(4-6-12)17(19)20/h1-8,14H,9H2,(H,16,18)/b15-8+. The molecule has 0 aliphatic rings. The molecule has 2 N–H and O–H groups in total. The number of rotatable bonds is 6. The van der Waals surface area contributed by atoms with E-state index in [1.54, 1.807) is 18.3 Å². The molecule has 8 nitrogen and oxygen atoms in total. The first-order valence-corrected chi connectivity index (χ1v) is 5.98. The average Bonchev–Trinajstić information content (AvgIpc) is 2.99. The third-order valence-corrected chi connectivity index (χ3v) is 2.43. The van der Waals surface area contributed by atoms with E-state index in [9.17, 15) is 14.9 Å². The number of benzene rings is 1. The molecule has 0 aliphatic carbocycles. The lowest BCUT2D eigenvalue weighted by Crippen LogP contribution is -2.24. The molecule has 1 aromatic heterocycles. The quantitative estimate of drug-likeness (QED) is 0.476. The van der Waals surface area contributed by atoms with Crippen molar-refractivity contribution >= 4 is 17.8 Å². The molecule has 21 heavy (non-hydrogen) atoms. The molecule has 1 heterocycles. The van der Waals surface area contributed by atoms with Crippen LogP contribution in [0.2, 0.25) is 0 Å². The van der Waals surface area contributed by atoms with Crippen LogP contribution >= 0.6 is 0 Å². The number of H-pyrrole nitrogens is 1. The Hall–Kier alpha value is -3.16. The van der Waals surface area contributed by atoms with Crippen LogP contribution in [0.1, 0.15) is 5.69 Å². The van der Waals surface area contributed by atoms with E-state index in [1.807, 2.05) is 0 Å². The molecule has 1 amide bonds. The van der Waals surface area contributed by atoms with Gasteiger partial charge in [-0.25, -0.2) is 5.43 Å². The zero-order valence-electron chi connectivity index (χ0n) is 10.9. The number of carbonyl (C=O) groups is 1. The second-order valence-electron chi connectivity index (χ2n) is 3.96. The summed E-state index contributed by atoms with van der Waals surface area (Å²) in [7, 11) is 0. The zero-order valence-corrected chi connectivity index (χ0v) is 10.9. The Morgan fingerprint density at radius 3 is 2.76 bits per heavy atom. The predicted molar refractivity (Wildman–Crippen MR) is 75.1 cm³/mol. The highest BCUT2D eigenvalue weighted by molar-refractivity contribution is 5.81. The molecule has 2 aromatic rings. The van der Waals surface area contributed by atoms with E-state index >= 15 is 0 Å². The van der Waals surface area contributed by atoms with Crippen molar-refractivity contribution in [1.29, 1.82) is 0 Å². The topological polar surface area (TPSA) is 110 Å². The van der Waals surface area contributed by atoms with Crippen LogP contribution in [0.4, 0.5) is 5.69 Å². The number of hydrogen-bond donors (Lipinski definition) is 2. The van der Waals surface area contributed by atoms with Crippen LogP contribution in [0.25, 0.3) is 0 Å². The molecule has 1 aromatic carbocycles. The number of nitro benzene ring substituents is 1. The molecular weight excluding hydrogens is 276 g/mol. The molecule has 0 atom stereocenters. The van der Waals surface area contributed by atoms with Crippen LogP contribution in [0, 0.1) is 10.1 Å². The SMILES string of the molecule is O=C(COc1ccc([N+](=O)[O-])cc1)N/N=C/c1ccc[nH]1. The molecule has 0 radical (unpaired) electrons. The van der Waals surface area contributed by atoms with E-state index in [0.717, 1.165) is 5.69 Å².